The number of primary amides is 1. The molecule has 0 aliphatic heterocycles. The summed E-state index contributed by atoms with van der Waals surface area (Å²) in [6.07, 6.45) is 2.73. The molecule has 7 nitrogen and oxygen atoms in total. The van der Waals surface area contributed by atoms with Crippen molar-refractivity contribution in [2.24, 2.45) is 11.7 Å². The van der Waals surface area contributed by atoms with Crippen molar-refractivity contribution in [3.05, 3.63) is 11.8 Å². The number of aliphatic hydroxyl groups excluding tert-OH is 1. The highest BCUT2D eigenvalue weighted by atomic mass is 16.3. The molecule has 4 unspecified atom stereocenters. The average molecular weight is 326 g/mol. The first-order valence-corrected chi connectivity index (χ1v) is 7.59. The number of hydrogen-bond acceptors (Lipinski definition) is 6. The highest BCUT2D eigenvalue weighted by molar-refractivity contribution is 5.97. The third-order valence-corrected chi connectivity index (χ3v) is 3.92. The van der Waals surface area contributed by atoms with Crippen molar-refractivity contribution in [3.8, 4) is 0 Å². The second-order valence-corrected chi connectivity index (χ2v) is 6.35. The van der Waals surface area contributed by atoms with Gasteiger partial charge in [-0.1, -0.05) is 6.92 Å². The highest BCUT2D eigenvalue weighted by Crippen LogP contribution is 2.27. The van der Waals surface area contributed by atoms with E-state index in [1.807, 2.05) is 6.92 Å². The van der Waals surface area contributed by atoms with Gasteiger partial charge in [-0.3, -0.25) is 4.79 Å². The van der Waals surface area contributed by atoms with Crippen LogP contribution in [0.5, 0.6) is 0 Å². The predicted molar refractivity (Wildman–Crippen MR) is 90.4 cm³/mol. The molecule has 0 aromatic carbocycles. The first-order valence-electron chi connectivity index (χ1n) is 10.2. The molecular formula is C16H27N5O2. The molecule has 1 amide bonds. The molecular weight excluding hydrogens is 294 g/mol. The van der Waals surface area contributed by atoms with Crippen LogP contribution in [0.15, 0.2) is 6.20 Å². The Morgan fingerprint density at radius 1 is 1.57 bits per heavy atom. The van der Waals surface area contributed by atoms with Gasteiger partial charge in [0.05, 0.1) is 11.7 Å². The summed E-state index contributed by atoms with van der Waals surface area (Å²) in [5, 5.41) is 15.7. The Balaban J connectivity index is 2.31. The molecule has 1 aromatic heterocycles. The number of aliphatic hydroxyl groups is 1. The van der Waals surface area contributed by atoms with Crippen molar-refractivity contribution in [2.45, 2.75) is 64.5 Å². The fraction of sp³-hybridized carbons (Fsp3) is 0.688. The summed E-state index contributed by atoms with van der Waals surface area (Å²) in [5.41, 5.74) is 3.49. The summed E-state index contributed by atoms with van der Waals surface area (Å²) in [7, 11) is 0. The van der Waals surface area contributed by atoms with Crippen molar-refractivity contribution in [1.82, 2.24) is 9.97 Å². The number of hydrogen-bond donors (Lipinski definition) is 4. The van der Waals surface area contributed by atoms with Crippen LogP contribution in [0.4, 0.5) is 11.8 Å². The van der Waals surface area contributed by atoms with E-state index < -0.39 is 31.3 Å². The maximum absolute atomic E-state index is 11.7. The molecule has 5 N–H and O–H groups in total. The molecule has 1 aliphatic rings. The van der Waals surface area contributed by atoms with Gasteiger partial charge in [0, 0.05) is 24.6 Å². The highest BCUT2D eigenvalue weighted by Gasteiger charge is 2.27. The van der Waals surface area contributed by atoms with Crippen LogP contribution in [0, 0.1) is 5.92 Å². The number of nitrogens with one attached hydrogen (secondary N) is 2. The Bertz CT molecular complexity index is 717. The van der Waals surface area contributed by atoms with E-state index >= 15 is 0 Å². The maximum atomic E-state index is 11.7. The van der Waals surface area contributed by atoms with Crippen molar-refractivity contribution < 1.29 is 16.8 Å². The van der Waals surface area contributed by atoms with E-state index in [4.69, 9.17) is 12.6 Å². The van der Waals surface area contributed by atoms with E-state index in [2.05, 4.69) is 20.6 Å². The van der Waals surface area contributed by atoms with Crippen LogP contribution in [0.1, 0.15) is 64.0 Å². The fourth-order valence-electron chi connectivity index (χ4n) is 2.59. The standard InChI is InChI=1S/C16H27N5O2/c1-9-5-6-10(7-12(9)22)19-14-11(13(17)23)8-18-15(20-14)21-16(2,3)4/h8-10,12,22H,5-7H2,1-4H3,(H2,17,23)(H2,18,19,20,21)/i2D2,3D3. The molecule has 7 heteroatoms. The van der Waals surface area contributed by atoms with Crippen LogP contribution in [-0.4, -0.2) is 38.7 Å². The molecule has 1 aromatic rings. The zero-order valence-corrected chi connectivity index (χ0v) is 13.3. The van der Waals surface area contributed by atoms with Gasteiger partial charge in [0.1, 0.15) is 5.82 Å². The monoisotopic (exact) mass is 326 g/mol. The summed E-state index contributed by atoms with van der Waals surface area (Å²) in [6, 6.07) is -0.138. The van der Waals surface area contributed by atoms with Crippen LogP contribution in [0.25, 0.3) is 0 Å². The lowest BCUT2D eigenvalue weighted by Crippen LogP contribution is -2.36. The Morgan fingerprint density at radius 2 is 2.35 bits per heavy atom. The number of anilines is 2. The molecule has 1 aliphatic carbocycles. The van der Waals surface area contributed by atoms with Crippen LogP contribution in [-0.2, 0) is 0 Å². The fourth-order valence-corrected chi connectivity index (χ4v) is 2.59. The topological polar surface area (TPSA) is 113 Å². The van der Waals surface area contributed by atoms with E-state index in [-0.39, 0.29) is 29.3 Å². The lowest BCUT2D eigenvalue weighted by molar-refractivity contribution is 0.0739. The molecule has 0 bridgehead atoms. The number of nitrogens with two attached hydrogens (primary N) is 1. The Morgan fingerprint density at radius 3 is 2.96 bits per heavy atom. The summed E-state index contributed by atoms with van der Waals surface area (Å²) >= 11 is 0. The summed E-state index contributed by atoms with van der Waals surface area (Å²) < 4.78 is 38.1. The second kappa shape index (κ2) is 6.70. The number of carbonyl (C=O) groups is 1. The first-order chi connectivity index (χ1) is 12.8. The summed E-state index contributed by atoms with van der Waals surface area (Å²) in [4.78, 5) is 19.8. The number of nitrogens with zero attached hydrogens (tertiary/aromatic N) is 2. The van der Waals surface area contributed by atoms with Gasteiger partial charge in [-0.05, 0) is 45.8 Å². The number of rotatable bonds is 4. The molecule has 0 radical (unpaired) electrons. The smallest absolute Gasteiger partial charge is 0.254 e. The quantitative estimate of drug-likeness (QED) is 0.670. The van der Waals surface area contributed by atoms with Gasteiger partial charge < -0.3 is 21.5 Å². The molecule has 1 fully saturated rings. The second-order valence-electron chi connectivity index (χ2n) is 6.35. The Hall–Kier alpha value is -1.89. The average Bonchev–Trinajstić information content (AvgIpc) is 2.57. The number of amides is 1. The van der Waals surface area contributed by atoms with Crippen molar-refractivity contribution in [1.29, 1.82) is 0 Å². The van der Waals surface area contributed by atoms with E-state index in [1.165, 1.54) is 13.1 Å². The van der Waals surface area contributed by atoms with Gasteiger partial charge in [0.15, 0.2) is 0 Å². The van der Waals surface area contributed by atoms with Crippen LogP contribution in [0.2, 0.25) is 0 Å². The minimum absolute atomic E-state index is 0.0301. The molecule has 23 heavy (non-hydrogen) atoms. The maximum Gasteiger partial charge on any atom is 0.254 e. The SMILES string of the molecule is [2H]C([2H])C(C)(Nc1ncc(C(N)=O)c(NC2CCC(C)C(O)C2)n1)C([2H])([2H])[2H]. The van der Waals surface area contributed by atoms with Crippen LogP contribution >= 0.6 is 0 Å². The minimum atomic E-state index is -2.66. The third-order valence-electron chi connectivity index (χ3n) is 3.92. The molecule has 2 rings (SSSR count). The molecule has 0 spiro atoms. The lowest BCUT2D eigenvalue weighted by atomic mass is 9.85. The zero-order chi connectivity index (χ0) is 21.3. The van der Waals surface area contributed by atoms with Crippen molar-refractivity contribution in [3.63, 3.8) is 0 Å². The van der Waals surface area contributed by atoms with Crippen molar-refractivity contribution in [2.75, 3.05) is 10.6 Å². The zero-order valence-electron chi connectivity index (χ0n) is 18.3. The van der Waals surface area contributed by atoms with E-state index in [1.54, 1.807) is 0 Å². The summed E-state index contributed by atoms with van der Waals surface area (Å²) in [5.74, 6) is -0.588. The van der Waals surface area contributed by atoms with Gasteiger partial charge in [0.25, 0.3) is 5.91 Å². The van der Waals surface area contributed by atoms with Gasteiger partial charge in [-0.25, -0.2) is 4.98 Å². The van der Waals surface area contributed by atoms with Gasteiger partial charge in [-0.2, -0.15) is 4.98 Å². The van der Waals surface area contributed by atoms with E-state index in [0.717, 1.165) is 12.8 Å². The number of aromatic nitrogens is 2. The largest absolute Gasteiger partial charge is 0.393 e. The van der Waals surface area contributed by atoms with Gasteiger partial charge >= 0.3 is 0 Å². The summed E-state index contributed by atoms with van der Waals surface area (Å²) in [6.45, 7) is -1.20. The molecule has 1 heterocycles. The van der Waals surface area contributed by atoms with Gasteiger partial charge in [-0.15, -0.1) is 0 Å². The van der Waals surface area contributed by atoms with E-state index in [9.17, 15) is 9.90 Å². The molecule has 0 saturated heterocycles. The molecule has 4 atom stereocenters. The Kier molecular flexibility index (Phi) is 3.38. The molecule has 1 saturated carbocycles. The van der Waals surface area contributed by atoms with E-state index in [0.29, 0.717) is 6.42 Å². The first kappa shape index (κ1) is 11.6. The molecule has 128 valence electrons. The minimum Gasteiger partial charge on any atom is -0.393 e. The third kappa shape index (κ3) is 4.79. The normalized spacial score (nSPS) is 31.0. The van der Waals surface area contributed by atoms with Crippen LogP contribution < -0.4 is 16.4 Å². The van der Waals surface area contributed by atoms with Crippen molar-refractivity contribution >= 4 is 17.7 Å². The van der Waals surface area contributed by atoms with Gasteiger partial charge in [0.2, 0.25) is 5.95 Å². The van der Waals surface area contributed by atoms with Crippen LogP contribution in [0.3, 0.4) is 0 Å². The predicted octanol–water partition coefficient (Wildman–Crippen LogP) is 1.75. The lowest BCUT2D eigenvalue weighted by Gasteiger charge is -2.32. The Labute approximate surface area is 144 Å². The number of carbonyl (C=O) groups excluding carboxylic acids is 1.